The van der Waals surface area contributed by atoms with Gasteiger partial charge in [-0.15, -0.1) is 0 Å². The van der Waals surface area contributed by atoms with Crippen LogP contribution in [0.3, 0.4) is 0 Å². The van der Waals surface area contributed by atoms with E-state index in [2.05, 4.69) is 12.6 Å². The number of aromatic carboxylic acids is 1. The molecule has 4 nitrogen and oxygen atoms in total. The fourth-order valence-electron chi connectivity index (χ4n) is 1.38. The zero-order valence-corrected chi connectivity index (χ0v) is 10.5. The highest BCUT2D eigenvalue weighted by molar-refractivity contribution is 7.81. The van der Waals surface area contributed by atoms with Gasteiger partial charge < -0.3 is 14.6 Å². The largest absolute Gasteiger partial charge is 0.545 e. The summed E-state index contributed by atoms with van der Waals surface area (Å²) < 4.78 is 5.20. The molecule has 0 N–H and O–H groups in total. The van der Waals surface area contributed by atoms with Gasteiger partial charge in [0.15, 0.2) is 0 Å². The number of carboxylic acids is 1. The van der Waals surface area contributed by atoms with Crippen molar-refractivity contribution in [2.45, 2.75) is 19.4 Å². The van der Waals surface area contributed by atoms with Gasteiger partial charge in [-0.2, -0.15) is 12.6 Å². The van der Waals surface area contributed by atoms with Crippen LogP contribution in [-0.2, 0) is 15.1 Å². The Balaban J connectivity index is 2.91. The molecule has 0 aliphatic heterocycles. The van der Waals surface area contributed by atoms with Crippen LogP contribution < -0.4 is 5.11 Å². The first-order valence-electron chi connectivity index (χ1n) is 5.01. The summed E-state index contributed by atoms with van der Waals surface area (Å²) in [6, 6.07) is 6.02. The van der Waals surface area contributed by atoms with Gasteiger partial charge in [0.25, 0.3) is 0 Å². The maximum Gasteiger partial charge on any atom is 0.316 e. The molecule has 92 valence electrons. The van der Waals surface area contributed by atoms with Crippen LogP contribution in [0.4, 0.5) is 0 Å². The molecule has 5 heteroatoms. The lowest BCUT2D eigenvalue weighted by atomic mass is 9.97. The normalized spacial score (nSPS) is 11.0. The average Bonchev–Trinajstić information content (AvgIpc) is 2.28. The van der Waals surface area contributed by atoms with Crippen molar-refractivity contribution in [1.82, 2.24) is 0 Å². The number of ether oxygens (including phenoxy) is 1. The van der Waals surface area contributed by atoms with E-state index in [1.807, 2.05) is 0 Å². The van der Waals surface area contributed by atoms with Crippen molar-refractivity contribution in [2.24, 2.45) is 0 Å². The van der Waals surface area contributed by atoms with Crippen molar-refractivity contribution in [3.63, 3.8) is 0 Å². The van der Waals surface area contributed by atoms with E-state index >= 15 is 0 Å². The fourth-order valence-corrected chi connectivity index (χ4v) is 1.45. The number of esters is 1. The van der Waals surface area contributed by atoms with Gasteiger partial charge >= 0.3 is 5.97 Å². The molecule has 1 rings (SSSR count). The smallest absolute Gasteiger partial charge is 0.316 e. The second kappa shape index (κ2) is 5.23. The van der Waals surface area contributed by atoms with Crippen LogP contribution in [0.15, 0.2) is 24.3 Å². The van der Waals surface area contributed by atoms with Crippen LogP contribution in [-0.4, -0.2) is 17.7 Å². The molecule has 0 aromatic heterocycles. The van der Waals surface area contributed by atoms with E-state index in [-0.39, 0.29) is 11.3 Å². The third kappa shape index (κ3) is 3.49. The van der Waals surface area contributed by atoms with E-state index in [4.69, 9.17) is 4.74 Å². The number of rotatable bonds is 4. The van der Waals surface area contributed by atoms with Crippen molar-refractivity contribution < 1.29 is 19.4 Å². The summed E-state index contributed by atoms with van der Waals surface area (Å²) >= 11 is 3.82. The molecule has 0 unspecified atom stereocenters. The van der Waals surface area contributed by atoms with Crippen LogP contribution in [0.25, 0.3) is 0 Å². The molecule has 0 saturated heterocycles. The molecule has 0 spiro atoms. The van der Waals surface area contributed by atoms with Gasteiger partial charge in [0, 0.05) is 0 Å². The van der Waals surface area contributed by atoms with Crippen molar-refractivity contribution in [3.8, 4) is 0 Å². The Kier molecular flexibility index (Phi) is 4.17. The van der Waals surface area contributed by atoms with Crippen molar-refractivity contribution in [1.29, 1.82) is 0 Å². The lowest BCUT2D eigenvalue weighted by Gasteiger charge is -2.25. The quantitative estimate of drug-likeness (QED) is 0.635. The van der Waals surface area contributed by atoms with Gasteiger partial charge in [-0.1, -0.05) is 24.3 Å². The van der Waals surface area contributed by atoms with Crippen LogP contribution in [0, 0.1) is 0 Å². The van der Waals surface area contributed by atoms with Crippen LogP contribution in [0.5, 0.6) is 0 Å². The van der Waals surface area contributed by atoms with Crippen molar-refractivity contribution >= 4 is 24.6 Å². The Morgan fingerprint density at radius 2 is 1.82 bits per heavy atom. The maximum absolute atomic E-state index is 11.2. The SMILES string of the molecule is CC(C)(OC(=O)CS)c1ccc(C(=O)[O-])cc1. The standard InChI is InChI=1S/C12H14O4S/c1-12(2,16-10(13)7-17)9-5-3-8(4-6-9)11(14)15/h3-6,17H,7H2,1-2H3,(H,14,15)/p-1. The predicted octanol–water partition coefficient (Wildman–Crippen LogP) is 0.758. The predicted molar refractivity (Wildman–Crippen MR) is 63.7 cm³/mol. The summed E-state index contributed by atoms with van der Waals surface area (Å²) in [5.74, 6) is -1.66. The third-order valence-electron chi connectivity index (χ3n) is 2.31. The van der Waals surface area contributed by atoms with Gasteiger partial charge in [0.2, 0.25) is 0 Å². The Bertz CT molecular complexity index is 423. The maximum atomic E-state index is 11.2. The first kappa shape index (κ1) is 13.6. The molecule has 0 saturated carbocycles. The lowest BCUT2D eigenvalue weighted by Crippen LogP contribution is -2.27. The number of carboxylic acid groups (broad SMARTS) is 1. The second-order valence-electron chi connectivity index (χ2n) is 4.01. The third-order valence-corrected chi connectivity index (χ3v) is 2.57. The Hall–Kier alpha value is -1.49. The summed E-state index contributed by atoms with van der Waals surface area (Å²) in [5, 5.41) is 10.6. The fraction of sp³-hybridized carbons (Fsp3) is 0.333. The van der Waals surface area contributed by atoms with E-state index in [9.17, 15) is 14.7 Å². The molecular formula is C12H13O4S-. The number of carbonyl (C=O) groups excluding carboxylic acids is 2. The van der Waals surface area contributed by atoms with Crippen LogP contribution >= 0.6 is 12.6 Å². The van der Waals surface area contributed by atoms with Crippen LogP contribution in [0.2, 0.25) is 0 Å². The average molecular weight is 253 g/mol. The Morgan fingerprint density at radius 1 is 1.29 bits per heavy atom. The molecule has 0 amide bonds. The summed E-state index contributed by atoms with van der Waals surface area (Å²) in [6.07, 6.45) is 0. The minimum absolute atomic E-state index is 0.000555. The van der Waals surface area contributed by atoms with E-state index in [1.54, 1.807) is 26.0 Å². The van der Waals surface area contributed by atoms with E-state index in [0.29, 0.717) is 5.56 Å². The second-order valence-corrected chi connectivity index (χ2v) is 4.32. The first-order chi connectivity index (χ1) is 7.86. The van der Waals surface area contributed by atoms with Gasteiger partial charge in [-0.05, 0) is 25.0 Å². The summed E-state index contributed by atoms with van der Waals surface area (Å²) in [6.45, 7) is 3.45. The molecule has 1 aromatic carbocycles. The molecule has 1 aromatic rings. The monoisotopic (exact) mass is 253 g/mol. The number of benzene rings is 1. The highest BCUT2D eigenvalue weighted by Gasteiger charge is 2.24. The van der Waals surface area contributed by atoms with E-state index in [0.717, 1.165) is 0 Å². The van der Waals surface area contributed by atoms with Crippen molar-refractivity contribution in [3.05, 3.63) is 35.4 Å². The first-order valence-corrected chi connectivity index (χ1v) is 5.64. The molecule has 0 heterocycles. The van der Waals surface area contributed by atoms with Crippen molar-refractivity contribution in [2.75, 3.05) is 5.75 Å². The number of hydrogen-bond acceptors (Lipinski definition) is 5. The molecule has 0 radical (unpaired) electrons. The highest BCUT2D eigenvalue weighted by atomic mass is 32.1. The lowest BCUT2D eigenvalue weighted by molar-refractivity contribution is -0.255. The minimum Gasteiger partial charge on any atom is -0.545 e. The summed E-state index contributed by atoms with van der Waals surface area (Å²) in [7, 11) is 0. The number of carbonyl (C=O) groups is 2. The molecule has 0 aliphatic rings. The Labute approximate surface area is 105 Å². The molecule has 0 atom stereocenters. The topological polar surface area (TPSA) is 66.4 Å². The highest BCUT2D eigenvalue weighted by Crippen LogP contribution is 2.25. The van der Waals surface area contributed by atoms with E-state index < -0.39 is 17.5 Å². The molecular weight excluding hydrogens is 240 g/mol. The van der Waals surface area contributed by atoms with Crippen LogP contribution in [0.1, 0.15) is 29.8 Å². The minimum atomic E-state index is -1.23. The Morgan fingerprint density at radius 3 is 2.24 bits per heavy atom. The summed E-state index contributed by atoms with van der Waals surface area (Å²) in [4.78, 5) is 21.8. The van der Waals surface area contributed by atoms with Gasteiger partial charge in [-0.25, -0.2) is 0 Å². The molecule has 0 bridgehead atoms. The van der Waals surface area contributed by atoms with Gasteiger partial charge in [0.05, 0.1) is 11.7 Å². The number of thiol groups is 1. The van der Waals surface area contributed by atoms with E-state index in [1.165, 1.54) is 12.1 Å². The zero-order chi connectivity index (χ0) is 13.1. The summed E-state index contributed by atoms with van der Waals surface area (Å²) in [5.41, 5.74) is -0.0210. The molecule has 17 heavy (non-hydrogen) atoms. The number of hydrogen-bond donors (Lipinski definition) is 1. The van der Waals surface area contributed by atoms with Gasteiger partial charge in [0.1, 0.15) is 5.60 Å². The zero-order valence-electron chi connectivity index (χ0n) is 9.60. The molecule has 0 fully saturated rings. The van der Waals surface area contributed by atoms with Gasteiger partial charge in [-0.3, -0.25) is 4.79 Å². The molecule has 0 aliphatic carbocycles.